The molecule has 2 unspecified atom stereocenters. The largest absolute Gasteiger partial charge is 0.484 e. The fourth-order valence-electron chi connectivity index (χ4n) is 3.68. The van der Waals surface area contributed by atoms with Crippen molar-refractivity contribution in [2.45, 2.75) is 64.8 Å². The standard InChI is InChI=1S/C21H27FN8O3/c1-14-9-17(7-8-28(14)20(31)33-21(2,3)4)30-24-11-15(25-30)12-32-19-6-5-16(10-18(19)22)29-13-23-26-27-29/h5-6,10-11,13-14,17H,7-9,12H2,1-4H3. The Morgan fingerprint density at radius 2 is 2.12 bits per heavy atom. The van der Waals surface area contributed by atoms with Crippen LogP contribution in [0.4, 0.5) is 9.18 Å². The van der Waals surface area contributed by atoms with Crippen LogP contribution in [0.15, 0.2) is 30.7 Å². The normalized spacial score (nSPS) is 18.9. The van der Waals surface area contributed by atoms with Crippen molar-refractivity contribution in [2.24, 2.45) is 0 Å². The first-order valence-electron chi connectivity index (χ1n) is 10.8. The Labute approximate surface area is 190 Å². The van der Waals surface area contributed by atoms with Crippen molar-refractivity contribution in [3.05, 3.63) is 42.2 Å². The number of hydrogen-bond acceptors (Lipinski definition) is 8. The second-order valence-corrected chi connectivity index (χ2v) is 9.02. The van der Waals surface area contributed by atoms with Crippen LogP contribution in [0, 0.1) is 5.82 Å². The summed E-state index contributed by atoms with van der Waals surface area (Å²) in [5.74, 6) is -0.431. The first kappa shape index (κ1) is 22.6. The zero-order valence-corrected chi connectivity index (χ0v) is 19.1. The third-order valence-electron chi connectivity index (χ3n) is 5.26. The summed E-state index contributed by atoms with van der Waals surface area (Å²) in [4.78, 5) is 15.8. The number of aromatic nitrogens is 7. The fraction of sp³-hybridized carbons (Fsp3) is 0.524. The van der Waals surface area contributed by atoms with Gasteiger partial charge < -0.3 is 14.4 Å². The van der Waals surface area contributed by atoms with Crippen molar-refractivity contribution in [3.63, 3.8) is 0 Å². The molecule has 1 amide bonds. The summed E-state index contributed by atoms with van der Waals surface area (Å²) >= 11 is 0. The number of tetrazole rings is 1. The van der Waals surface area contributed by atoms with Gasteiger partial charge in [0.2, 0.25) is 0 Å². The van der Waals surface area contributed by atoms with E-state index in [4.69, 9.17) is 9.47 Å². The lowest BCUT2D eigenvalue weighted by Crippen LogP contribution is -2.47. The average molecular weight is 458 g/mol. The molecule has 1 fully saturated rings. The molecule has 4 rings (SSSR count). The summed E-state index contributed by atoms with van der Waals surface area (Å²) < 4.78 is 26.8. The van der Waals surface area contributed by atoms with Gasteiger partial charge >= 0.3 is 6.09 Å². The molecule has 1 saturated heterocycles. The van der Waals surface area contributed by atoms with E-state index in [0.29, 0.717) is 30.8 Å². The van der Waals surface area contributed by atoms with Crippen LogP contribution < -0.4 is 4.74 Å². The molecule has 0 radical (unpaired) electrons. The maximum absolute atomic E-state index is 14.4. The van der Waals surface area contributed by atoms with Crippen LogP contribution >= 0.6 is 0 Å². The number of halogens is 1. The summed E-state index contributed by atoms with van der Waals surface area (Å²) in [6.45, 7) is 8.20. The summed E-state index contributed by atoms with van der Waals surface area (Å²) in [5, 5.41) is 19.7. The minimum Gasteiger partial charge on any atom is -0.484 e. The van der Waals surface area contributed by atoms with Gasteiger partial charge in [-0.2, -0.15) is 15.0 Å². The predicted octanol–water partition coefficient (Wildman–Crippen LogP) is 2.93. The van der Waals surface area contributed by atoms with Gasteiger partial charge in [-0.3, -0.25) is 0 Å². The van der Waals surface area contributed by atoms with E-state index in [1.165, 1.54) is 23.1 Å². The van der Waals surface area contributed by atoms with Gasteiger partial charge in [-0.25, -0.2) is 13.9 Å². The molecule has 1 aliphatic heterocycles. The van der Waals surface area contributed by atoms with Gasteiger partial charge in [0.1, 0.15) is 24.2 Å². The molecule has 0 aliphatic carbocycles. The van der Waals surface area contributed by atoms with Gasteiger partial charge in [0.05, 0.1) is 17.9 Å². The van der Waals surface area contributed by atoms with Gasteiger partial charge in [0.25, 0.3) is 0 Å². The molecule has 1 aromatic carbocycles. The quantitative estimate of drug-likeness (QED) is 0.574. The van der Waals surface area contributed by atoms with Gasteiger partial charge in [0.15, 0.2) is 11.6 Å². The van der Waals surface area contributed by atoms with Gasteiger partial charge in [-0.05, 0) is 63.1 Å². The van der Waals surface area contributed by atoms with E-state index in [9.17, 15) is 9.18 Å². The lowest BCUT2D eigenvalue weighted by molar-refractivity contribution is 0.00658. The summed E-state index contributed by atoms with van der Waals surface area (Å²) in [5.41, 5.74) is 0.545. The second-order valence-electron chi connectivity index (χ2n) is 9.02. The molecule has 12 heteroatoms. The zero-order chi connectivity index (χ0) is 23.6. The number of rotatable bonds is 5. The highest BCUT2D eigenvalue weighted by Crippen LogP contribution is 2.27. The number of carbonyl (C=O) groups is 1. The third kappa shape index (κ3) is 5.44. The first-order valence-corrected chi connectivity index (χ1v) is 10.8. The smallest absolute Gasteiger partial charge is 0.410 e. The molecule has 176 valence electrons. The monoisotopic (exact) mass is 458 g/mol. The Bertz CT molecular complexity index is 1100. The molecule has 3 aromatic rings. The van der Waals surface area contributed by atoms with Crippen molar-refractivity contribution >= 4 is 6.09 Å². The first-order chi connectivity index (χ1) is 15.7. The fourth-order valence-corrected chi connectivity index (χ4v) is 3.68. The average Bonchev–Trinajstić information content (AvgIpc) is 3.44. The lowest BCUT2D eigenvalue weighted by atomic mass is 9.99. The van der Waals surface area contributed by atoms with Crippen LogP contribution in [-0.2, 0) is 11.3 Å². The molecule has 0 saturated carbocycles. The van der Waals surface area contributed by atoms with Gasteiger partial charge in [-0.15, -0.1) is 5.10 Å². The number of amides is 1. The molecule has 0 N–H and O–H groups in total. The van der Waals surface area contributed by atoms with Crippen LogP contribution in [0.2, 0.25) is 0 Å². The van der Waals surface area contributed by atoms with Crippen LogP contribution in [0.3, 0.4) is 0 Å². The minimum absolute atomic E-state index is 0.00269. The topological polar surface area (TPSA) is 113 Å². The molecule has 11 nitrogen and oxygen atoms in total. The predicted molar refractivity (Wildman–Crippen MR) is 114 cm³/mol. The van der Waals surface area contributed by atoms with E-state index >= 15 is 0 Å². The summed E-state index contributed by atoms with van der Waals surface area (Å²) in [6, 6.07) is 4.52. The summed E-state index contributed by atoms with van der Waals surface area (Å²) in [6.07, 6.45) is 4.11. The maximum atomic E-state index is 14.4. The number of piperidine rings is 1. The van der Waals surface area contributed by atoms with E-state index in [2.05, 4.69) is 25.7 Å². The lowest BCUT2D eigenvalue weighted by Gasteiger charge is -2.37. The zero-order valence-electron chi connectivity index (χ0n) is 19.1. The molecule has 0 bridgehead atoms. The highest BCUT2D eigenvalue weighted by Gasteiger charge is 2.33. The highest BCUT2D eigenvalue weighted by atomic mass is 19.1. The number of nitrogens with zero attached hydrogens (tertiary/aromatic N) is 8. The van der Waals surface area contributed by atoms with Crippen molar-refractivity contribution in [2.75, 3.05) is 6.54 Å². The van der Waals surface area contributed by atoms with E-state index in [0.717, 1.165) is 0 Å². The molecule has 0 spiro atoms. The Kier molecular flexibility index (Phi) is 6.25. The van der Waals surface area contributed by atoms with E-state index < -0.39 is 11.4 Å². The highest BCUT2D eigenvalue weighted by molar-refractivity contribution is 5.68. The van der Waals surface area contributed by atoms with Crippen LogP contribution in [0.1, 0.15) is 52.3 Å². The molecule has 33 heavy (non-hydrogen) atoms. The molecule has 3 heterocycles. The second kappa shape index (κ2) is 9.12. The van der Waals surface area contributed by atoms with Crippen molar-refractivity contribution in [1.29, 1.82) is 0 Å². The summed E-state index contributed by atoms with van der Waals surface area (Å²) in [7, 11) is 0. The van der Waals surface area contributed by atoms with E-state index in [1.807, 2.05) is 27.7 Å². The van der Waals surface area contributed by atoms with Crippen LogP contribution in [0.25, 0.3) is 5.69 Å². The number of likely N-dealkylation sites (tertiary alicyclic amines) is 1. The van der Waals surface area contributed by atoms with Gasteiger partial charge in [-0.1, -0.05) is 0 Å². The molecule has 1 aliphatic rings. The number of carbonyl (C=O) groups excluding carboxylic acids is 1. The van der Waals surface area contributed by atoms with Crippen molar-refractivity contribution in [1.82, 2.24) is 40.1 Å². The van der Waals surface area contributed by atoms with Gasteiger partial charge in [0, 0.05) is 18.7 Å². The number of benzene rings is 1. The minimum atomic E-state index is -0.529. The maximum Gasteiger partial charge on any atom is 0.410 e. The van der Waals surface area contributed by atoms with Crippen LogP contribution in [-0.4, -0.2) is 64.4 Å². The third-order valence-corrected chi connectivity index (χ3v) is 5.26. The Morgan fingerprint density at radius 1 is 1.30 bits per heavy atom. The Hall–Kier alpha value is -3.57. The number of ether oxygens (including phenoxy) is 2. The van der Waals surface area contributed by atoms with Crippen molar-refractivity contribution in [3.8, 4) is 11.4 Å². The Morgan fingerprint density at radius 3 is 2.79 bits per heavy atom. The number of hydrogen-bond donors (Lipinski definition) is 0. The van der Waals surface area contributed by atoms with E-state index in [1.54, 1.807) is 22.0 Å². The van der Waals surface area contributed by atoms with Crippen molar-refractivity contribution < 1.29 is 18.7 Å². The molecule has 2 atom stereocenters. The molecular weight excluding hydrogens is 431 g/mol. The van der Waals surface area contributed by atoms with Crippen LogP contribution in [0.5, 0.6) is 5.75 Å². The molecule has 2 aromatic heterocycles. The Balaban J connectivity index is 1.33. The SMILES string of the molecule is CC1CC(n2ncc(COc3ccc(-n4cnnn4)cc3F)n2)CCN1C(=O)OC(C)(C)C. The van der Waals surface area contributed by atoms with E-state index in [-0.39, 0.29) is 30.5 Å². The molecular formula is C21H27FN8O3.